The molecule has 1 aliphatic heterocycles. The first-order valence-corrected chi connectivity index (χ1v) is 11.1. The summed E-state index contributed by atoms with van der Waals surface area (Å²) in [6, 6.07) is 5.44. The standard InChI is InChI=1S/C22H25N3O4S/c1-4-10-30-22-24-20-19(21(27)25-22)17(18-14(23-20)6-5-7-15(18)26)13-11-12(28-2)8-9-16(13)29-3/h8-9,11,17H,4-7,10H2,1-3H3,(H2,23,24,25,27). The molecule has 2 aliphatic rings. The fraction of sp³-hybridized carbons (Fsp3) is 0.409. The van der Waals surface area contributed by atoms with Crippen LogP contribution in [0.3, 0.4) is 0 Å². The van der Waals surface area contributed by atoms with Gasteiger partial charge in [-0.2, -0.15) is 0 Å². The number of methoxy groups -OCH3 is 2. The normalized spacial score (nSPS) is 17.8. The first kappa shape index (κ1) is 20.5. The zero-order chi connectivity index (χ0) is 21.3. The molecule has 0 saturated heterocycles. The molecule has 158 valence electrons. The topological polar surface area (TPSA) is 93.3 Å². The van der Waals surface area contributed by atoms with E-state index in [-0.39, 0.29) is 11.3 Å². The summed E-state index contributed by atoms with van der Waals surface area (Å²) in [7, 11) is 3.17. The van der Waals surface area contributed by atoms with E-state index in [1.807, 2.05) is 6.07 Å². The van der Waals surface area contributed by atoms with Crippen molar-refractivity contribution in [3.05, 3.63) is 50.9 Å². The molecule has 0 saturated carbocycles. The highest BCUT2D eigenvalue weighted by molar-refractivity contribution is 7.99. The number of Topliss-reactive ketones (excluding diaryl/α,β-unsaturated/α-hetero) is 1. The van der Waals surface area contributed by atoms with E-state index in [9.17, 15) is 9.59 Å². The van der Waals surface area contributed by atoms with Crippen LogP contribution in [0.5, 0.6) is 11.5 Å². The Morgan fingerprint density at radius 2 is 2.03 bits per heavy atom. The summed E-state index contributed by atoms with van der Waals surface area (Å²) < 4.78 is 11.0. The van der Waals surface area contributed by atoms with Crippen LogP contribution in [0, 0.1) is 0 Å². The number of ketones is 1. The Labute approximate surface area is 179 Å². The molecule has 4 rings (SSSR count). The molecule has 1 unspecified atom stereocenters. The molecule has 2 heterocycles. The van der Waals surface area contributed by atoms with E-state index < -0.39 is 5.92 Å². The summed E-state index contributed by atoms with van der Waals surface area (Å²) in [5.74, 6) is 2.10. The Balaban J connectivity index is 1.95. The average Bonchev–Trinajstić information content (AvgIpc) is 2.76. The van der Waals surface area contributed by atoms with E-state index in [4.69, 9.17) is 9.47 Å². The highest BCUT2D eigenvalue weighted by Crippen LogP contribution is 2.46. The first-order chi connectivity index (χ1) is 14.6. The summed E-state index contributed by atoms with van der Waals surface area (Å²) >= 11 is 1.51. The molecule has 0 radical (unpaired) electrons. The number of carbonyl (C=O) groups excluding carboxylic acids is 1. The number of anilines is 1. The van der Waals surface area contributed by atoms with Gasteiger partial charge in [-0.1, -0.05) is 18.7 Å². The smallest absolute Gasteiger partial charge is 0.257 e. The third-order valence-corrected chi connectivity index (χ3v) is 6.51. The van der Waals surface area contributed by atoms with E-state index >= 15 is 0 Å². The minimum Gasteiger partial charge on any atom is -0.497 e. The second-order valence-electron chi connectivity index (χ2n) is 7.32. The minimum atomic E-state index is -0.560. The van der Waals surface area contributed by atoms with Crippen LogP contribution in [0.4, 0.5) is 5.82 Å². The molecule has 0 bridgehead atoms. The summed E-state index contributed by atoms with van der Waals surface area (Å²) in [4.78, 5) is 33.8. The summed E-state index contributed by atoms with van der Waals surface area (Å²) in [5, 5.41) is 3.87. The van der Waals surface area contributed by atoms with Crippen LogP contribution in [0.15, 0.2) is 39.4 Å². The second kappa shape index (κ2) is 8.55. The summed E-state index contributed by atoms with van der Waals surface area (Å²) in [6.45, 7) is 2.08. The third-order valence-electron chi connectivity index (χ3n) is 5.43. The van der Waals surface area contributed by atoms with Crippen molar-refractivity contribution in [2.45, 2.75) is 43.7 Å². The van der Waals surface area contributed by atoms with Gasteiger partial charge in [-0.15, -0.1) is 0 Å². The van der Waals surface area contributed by atoms with E-state index in [1.54, 1.807) is 26.4 Å². The van der Waals surface area contributed by atoms with E-state index in [0.717, 1.165) is 36.3 Å². The molecule has 1 aromatic carbocycles. The SMILES string of the molecule is CCCSc1nc2c(c(=O)[nH]1)C(c1cc(OC)ccc1OC)C1=C(CCCC1=O)N2. The molecule has 0 fully saturated rings. The number of nitrogens with zero attached hydrogens (tertiary/aromatic N) is 1. The van der Waals surface area contributed by atoms with Gasteiger partial charge in [-0.3, -0.25) is 9.59 Å². The highest BCUT2D eigenvalue weighted by Gasteiger charge is 2.39. The minimum absolute atomic E-state index is 0.0492. The number of fused-ring (bicyclic) bond motifs is 1. The largest absolute Gasteiger partial charge is 0.497 e. The number of benzene rings is 1. The van der Waals surface area contributed by atoms with Crippen LogP contribution in [-0.2, 0) is 4.79 Å². The monoisotopic (exact) mass is 427 g/mol. The number of hydrogen-bond donors (Lipinski definition) is 2. The van der Waals surface area contributed by atoms with Crippen LogP contribution in [0.1, 0.15) is 49.7 Å². The van der Waals surface area contributed by atoms with E-state index in [1.165, 1.54) is 11.8 Å². The molecule has 1 atom stereocenters. The Bertz CT molecular complexity index is 1080. The first-order valence-electron chi connectivity index (χ1n) is 10.1. The van der Waals surface area contributed by atoms with Crippen LogP contribution in [-0.4, -0.2) is 35.7 Å². The van der Waals surface area contributed by atoms with Crippen LogP contribution in [0.25, 0.3) is 0 Å². The van der Waals surface area contributed by atoms with Crippen molar-refractivity contribution in [3.8, 4) is 11.5 Å². The van der Waals surface area contributed by atoms with Gasteiger partial charge in [0.05, 0.1) is 25.7 Å². The molecule has 2 N–H and O–H groups in total. The molecule has 7 nitrogen and oxygen atoms in total. The zero-order valence-corrected chi connectivity index (χ0v) is 18.1. The third kappa shape index (κ3) is 3.60. The number of aromatic amines is 1. The van der Waals surface area contributed by atoms with Crippen LogP contribution >= 0.6 is 11.8 Å². The quantitative estimate of drug-likeness (QED) is 0.534. The molecule has 1 aromatic heterocycles. The number of H-pyrrole nitrogens is 1. The molecular formula is C22H25N3O4S. The van der Waals surface area contributed by atoms with Gasteiger partial charge in [-0.05, 0) is 37.5 Å². The van der Waals surface area contributed by atoms with Crippen LogP contribution in [0.2, 0.25) is 0 Å². The maximum Gasteiger partial charge on any atom is 0.257 e. The van der Waals surface area contributed by atoms with Gasteiger partial charge >= 0.3 is 0 Å². The van der Waals surface area contributed by atoms with Gasteiger partial charge in [0.2, 0.25) is 0 Å². The number of nitrogens with one attached hydrogen (secondary N) is 2. The molecule has 1 aliphatic carbocycles. The number of hydrogen-bond acceptors (Lipinski definition) is 7. The van der Waals surface area contributed by atoms with Gasteiger partial charge in [0.25, 0.3) is 5.56 Å². The number of ether oxygens (including phenoxy) is 2. The van der Waals surface area contributed by atoms with Gasteiger partial charge in [0.15, 0.2) is 10.9 Å². The molecule has 30 heavy (non-hydrogen) atoms. The van der Waals surface area contributed by atoms with Crippen molar-refractivity contribution in [1.29, 1.82) is 0 Å². The maximum absolute atomic E-state index is 13.2. The Morgan fingerprint density at radius 1 is 1.20 bits per heavy atom. The molecule has 0 amide bonds. The van der Waals surface area contributed by atoms with Gasteiger partial charge in [-0.25, -0.2) is 4.98 Å². The molecule has 8 heteroatoms. The Morgan fingerprint density at radius 3 is 2.77 bits per heavy atom. The summed E-state index contributed by atoms with van der Waals surface area (Å²) in [6.07, 6.45) is 2.97. The lowest BCUT2D eigenvalue weighted by Crippen LogP contribution is -2.33. The van der Waals surface area contributed by atoms with Crippen LogP contribution < -0.4 is 20.3 Å². The average molecular weight is 428 g/mol. The highest BCUT2D eigenvalue weighted by atomic mass is 32.2. The Hall–Kier alpha value is -2.74. The van der Waals surface area contributed by atoms with Crippen molar-refractivity contribution in [3.63, 3.8) is 0 Å². The van der Waals surface area contributed by atoms with Crippen molar-refractivity contribution in [2.24, 2.45) is 0 Å². The number of allylic oxidation sites excluding steroid dienone is 2. The predicted octanol–water partition coefficient (Wildman–Crippen LogP) is 3.85. The number of aromatic nitrogens is 2. The Kier molecular flexibility index (Phi) is 5.85. The number of rotatable bonds is 6. The zero-order valence-electron chi connectivity index (χ0n) is 17.3. The lowest BCUT2D eigenvalue weighted by Gasteiger charge is -2.33. The van der Waals surface area contributed by atoms with Gasteiger partial charge in [0, 0.05) is 29.0 Å². The lowest BCUT2D eigenvalue weighted by molar-refractivity contribution is -0.116. The predicted molar refractivity (Wildman–Crippen MR) is 117 cm³/mol. The van der Waals surface area contributed by atoms with Gasteiger partial charge in [0.1, 0.15) is 17.3 Å². The van der Waals surface area contributed by atoms with E-state index in [0.29, 0.717) is 40.0 Å². The fourth-order valence-corrected chi connectivity index (χ4v) is 4.80. The van der Waals surface area contributed by atoms with Crippen molar-refractivity contribution in [1.82, 2.24) is 9.97 Å². The van der Waals surface area contributed by atoms with Crippen molar-refractivity contribution in [2.75, 3.05) is 25.3 Å². The lowest BCUT2D eigenvalue weighted by atomic mass is 9.76. The molecule has 0 spiro atoms. The van der Waals surface area contributed by atoms with Crippen molar-refractivity contribution < 1.29 is 14.3 Å². The maximum atomic E-state index is 13.2. The molecular weight excluding hydrogens is 402 g/mol. The number of thioether (sulfide) groups is 1. The molecule has 2 aromatic rings. The number of carbonyl (C=O) groups is 1. The van der Waals surface area contributed by atoms with Gasteiger partial charge < -0.3 is 19.8 Å². The fourth-order valence-electron chi connectivity index (χ4n) is 4.08. The summed E-state index contributed by atoms with van der Waals surface area (Å²) in [5.41, 5.74) is 2.39. The van der Waals surface area contributed by atoms with Crippen molar-refractivity contribution >= 4 is 23.4 Å². The second-order valence-corrected chi connectivity index (χ2v) is 8.40. The van der Waals surface area contributed by atoms with E-state index in [2.05, 4.69) is 22.2 Å².